The average molecular weight is 475 g/mol. The minimum Gasteiger partial charge on any atom is -0.590 e. The Labute approximate surface area is 207 Å². The molecule has 7 heteroatoms. The first kappa shape index (κ1) is 21.9. The molecule has 0 amide bonds. The largest absolute Gasteiger partial charge is 0.737 e. The van der Waals surface area contributed by atoms with Crippen molar-refractivity contribution in [3.63, 3.8) is 0 Å². The quantitative estimate of drug-likeness (QED) is 0.271. The molecule has 2 heterocycles. The van der Waals surface area contributed by atoms with Crippen LogP contribution in [0.5, 0.6) is 0 Å². The molecular weight excluding hydrogens is 455 g/mol. The summed E-state index contributed by atoms with van der Waals surface area (Å²) >= 11 is 0. The summed E-state index contributed by atoms with van der Waals surface area (Å²) in [6, 6.07) is 36.4. The summed E-state index contributed by atoms with van der Waals surface area (Å²) in [7, 11) is -4.56. The maximum absolute atomic E-state index is 16.2. The highest BCUT2D eigenvalue weighted by atomic mass is 19.3. The van der Waals surface area contributed by atoms with Gasteiger partial charge in [0.05, 0.1) is 5.56 Å². The predicted octanol–water partition coefficient (Wildman–Crippen LogP) is 6.70. The van der Waals surface area contributed by atoms with E-state index in [2.05, 4.69) is 4.99 Å². The zero-order chi connectivity index (χ0) is 24.5. The fraction of sp³-hybridized carbons (Fsp3) is 0. The standard InChI is InChI=1S/C29H20BF2N3O/c31-30(32)35-27(23-17-9-3-10-18-23)25(21-13-5-1-6-14-21)33-26(22-15-7-2-8-16-22)28(35)34-29(36-30)24-19-11-4-12-20-24/h1-20H. The van der Waals surface area contributed by atoms with Crippen LogP contribution >= 0.6 is 0 Å². The summed E-state index contributed by atoms with van der Waals surface area (Å²) in [5, 5.41) is 0. The summed E-state index contributed by atoms with van der Waals surface area (Å²) in [4.78, 5) is 9.63. The minimum atomic E-state index is -4.56. The van der Waals surface area contributed by atoms with Gasteiger partial charge in [-0.2, -0.15) is 0 Å². The number of benzene rings is 4. The summed E-state index contributed by atoms with van der Waals surface area (Å²) in [6.45, 7) is 0. The average Bonchev–Trinajstić information content (AvgIpc) is 2.94. The Morgan fingerprint density at radius 3 is 1.53 bits per heavy atom. The Balaban J connectivity index is 1.76. The van der Waals surface area contributed by atoms with Gasteiger partial charge in [-0.05, 0) is 17.1 Å². The topological polar surface area (TPSA) is 38.4 Å². The van der Waals surface area contributed by atoms with Crippen LogP contribution < -0.4 is 4.48 Å². The lowest BCUT2D eigenvalue weighted by molar-refractivity contribution is -0.556. The first-order valence-electron chi connectivity index (χ1n) is 11.6. The molecule has 0 radical (unpaired) electrons. The Morgan fingerprint density at radius 2 is 1.00 bits per heavy atom. The molecule has 0 bridgehead atoms. The van der Waals surface area contributed by atoms with Crippen molar-refractivity contribution in [1.29, 1.82) is 0 Å². The maximum Gasteiger partial charge on any atom is 0.737 e. The second-order valence-corrected chi connectivity index (χ2v) is 8.41. The highest BCUT2D eigenvalue weighted by molar-refractivity contribution is 6.53. The molecule has 36 heavy (non-hydrogen) atoms. The van der Waals surface area contributed by atoms with Gasteiger partial charge in [-0.3, -0.25) is 0 Å². The van der Waals surface area contributed by atoms with E-state index >= 15 is 8.63 Å². The third-order valence-electron chi connectivity index (χ3n) is 6.05. The van der Waals surface area contributed by atoms with E-state index in [-0.39, 0.29) is 17.4 Å². The number of fused-ring (bicyclic) bond motifs is 1. The first-order valence-corrected chi connectivity index (χ1v) is 11.6. The van der Waals surface area contributed by atoms with Gasteiger partial charge < -0.3 is 17.8 Å². The van der Waals surface area contributed by atoms with Crippen LogP contribution in [-0.2, 0) is 4.65 Å². The highest BCUT2D eigenvalue weighted by Crippen LogP contribution is 2.38. The van der Waals surface area contributed by atoms with Gasteiger partial charge in [0.15, 0.2) is 5.69 Å². The van der Waals surface area contributed by atoms with E-state index in [4.69, 9.17) is 9.64 Å². The summed E-state index contributed by atoms with van der Waals surface area (Å²) < 4.78 is 38.6. The van der Waals surface area contributed by atoms with Crippen molar-refractivity contribution in [3.8, 4) is 33.8 Å². The maximum atomic E-state index is 16.2. The molecule has 5 aromatic rings. The Kier molecular flexibility index (Phi) is 5.38. The third kappa shape index (κ3) is 3.84. The first-order chi connectivity index (χ1) is 17.6. The van der Waals surface area contributed by atoms with Gasteiger partial charge in [-0.25, -0.2) is 4.98 Å². The number of aliphatic imine (C=N–C) groups is 1. The highest BCUT2D eigenvalue weighted by Gasteiger charge is 2.50. The van der Waals surface area contributed by atoms with Crippen molar-refractivity contribution < 1.29 is 17.8 Å². The second-order valence-electron chi connectivity index (χ2n) is 8.41. The third-order valence-corrected chi connectivity index (χ3v) is 6.05. The molecule has 174 valence electrons. The fourth-order valence-electron chi connectivity index (χ4n) is 4.43. The molecule has 0 saturated heterocycles. The van der Waals surface area contributed by atoms with Gasteiger partial charge in [-0.1, -0.05) is 109 Å². The number of aromatic nitrogens is 2. The zero-order valence-corrected chi connectivity index (χ0v) is 19.1. The summed E-state index contributed by atoms with van der Waals surface area (Å²) in [5.41, 5.74) is 3.49. The van der Waals surface area contributed by atoms with Crippen LogP contribution in [0.4, 0.5) is 14.4 Å². The summed E-state index contributed by atoms with van der Waals surface area (Å²) in [6.07, 6.45) is 0. The van der Waals surface area contributed by atoms with Crippen molar-refractivity contribution in [2.75, 3.05) is 0 Å². The van der Waals surface area contributed by atoms with Crippen molar-refractivity contribution in [1.82, 2.24) is 4.98 Å². The number of halogens is 2. The van der Waals surface area contributed by atoms with Gasteiger partial charge in [-0.15, -0.1) is 0 Å². The molecule has 1 aliphatic heterocycles. The van der Waals surface area contributed by atoms with Crippen molar-refractivity contribution in [2.45, 2.75) is 0 Å². The molecule has 4 nitrogen and oxygen atoms in total. The van der Waals surface area contributed by atoms with Crippen molar-refractivity contribution in [2.24, 2.45) is 4.99 Å². The molecule has 6 rings (SSSR count). The molecule has 0 unspecified atom stereocenters. The van der Waals surface area contributed by atoms with Crippen LogP contribution in [0.2, 0.25) is 0 Å². The lowest BCUT2D eigenvalue weighted by Crippen LogP contribution is -2.65. The van der Waals surface area contributed by atoms with E-state index in [9.17, 15) is 0 Å². The number of nitrogens with zero attached hydrogens (tertiary/aromatic N) is 3. The van der Waals surface area contributed by atoms with Gasteiger partial charge in [0.25, 0.3) is 5.90 Å². The van der Waals surface area contributed by atoms with Crippen molar-refractivity contribution in [3.05, 3.63) is 127 Å². The van der Waals surface area contributed by atoms with Crippen molar-refractivity contribution >= 4 is 18.8 Å². The van der Waals surface area contributed by atoms with Crippen LogP contribution in [0.3, 0.4) is 0 Å². The van der Waals surface area contributed by atoms with E-state index in [1.165, 1.54) is 0 Å². The Morgan fingerprint density at radius 1 is 0.556 bits per heavy atom. The van der Waals surface area contributed by atoms with E-state index in [0.29, 0.717) is 33.6 Å². The number of hydrogen-bond acceptors (Lipinski definition) is 3. The molecule has 0 fully saturated rings. The lowest BCUT2D eigenvalue weighted by atomic mass is 9.94. The summed E-state index contributed by atoms with van der Waals surface area (Å²) in [5.74, 6) is -0.0825. The molecule has 0 N–H and O–H groups in total. The van der Waals surface area contributed by atoms with Gasteiger partial charge in [0, 0.05) is 16.7 Å². The van der Waals surface area contributed by atoms with Crippen LogP contribution in [0.25, 0.3) is 33.8 Å². The molecular formula is C29H20BF2N3O. The fourth-order valence-corrected chi connectivity index (χ4v) is 4.43. The van der Waals surface area contributed by atoms with Gasteiger partial charge in [0.2, 0.25) is 0 Å². The van der Waals surface area contributed by atoms with E-state index in [0.717, 1.165) is 4.48 Å². The molecule has 1 aromatic heterocycles. The molecule has 0 saturated carbocycles. The molecule has 4 aromatic carbocycles. The molecule has 0 spiro atoms. The zero-order valence-electron chi connectivity index (χ0n) is 19.1. The lowest BCUT2D eigenvalue weighted by Gasteiger charge is -2.31. The SMILES string of the molecule is F[B-]1(F)OC(c2ccccc2)=Nc2c(-c3ccccc3)nc(-c3ccccc3)c(-c3ccccc3)[n+]21. The Hall–Kier alpha value is -4.65. The minimum absolute atomic E-state index is 0.0508. The smallest absolute Gasteiger partial charge is 0.590 e. The predicted molar refractivity (Wildman–Crippen MR) is 138 cm³/mol. The monoisotopic (exact) mass is 475 g/mol. The van der Waals surface area contributed by atoms with Crippen LogP contribution in [0.1, 0.15) is 5.56 Å². The van der Waals surface area contributed by atoms with E-state index in [1.54, 1.807) is 36.4 Å². The van der Waals surface area contributed by atoms with Gasteiger partial charge in [0.1, 0.15) is 11.4 Å². The number of hydrogen-bond donors (Lipinski definition) is 0. The Bertz CT molecular complexity index is 1560. The van der Waals surface area contributed by atoms with E-state index in [1.807, 2.05) is 84.9 Å². The normalized spacial score (nSPS) is 13.9. The van der Waals surface area contributed by atoms with E-state index < -0.39 is 7.04 Å². The van der Waals surface area contributed by atoms with Crippen LogP contribution in [-0.4, -0.2) is 17.9 Å². The second kappa shape index (κ2) is 8.85. The molecule has 0 atom stereocenters. The number of rotatable bonds is 4. The van der Waals surface area contributed by atoms with Crippen LogP contribution in [0.15, 0.2) is 126 Å². The van der Waals surface area contributed by atoms with Crippen LogP contribution in [0, 0.1) is 0 Å². The van der Waals surface area contributed by atoms with Gasteiger partial charge >= 0.3 is 12.9 Å². The molecule has 1 aliphatic rings. The molecule has 0 aliphatic carbocycles.